The third kappa shape index (κ3) is 6.99. The van der Waals surface area contributed by atoms with Gasteiger partial charge < -0.3 is 29.7 Å². The molecular weight excluding hydrogens is 709 g/mol. The molecule has 2 fully saturated rings. The van der Waals surface area contributed by atoms with Crippen LogP contribution in [-0.2, 0) is 28.7 Å². The average molecular weight is 749 g/mol. The maximum atomic E-state index is 14.3. The van der Waals surface area contributed by atoms with Crippen LogP contribution in [0.25, 0.3) is 11.4 Å². The number of amides is 3. The molecule has 5 heterocycles. The Morgan fingerprint density at radius 2 is 1.76 bits per heavy atom. The van der Waals surface area contributed by atoms with Gasteiger partial charge in [0, 0.05) is 50.9 Å². The number of halogens is 3. The molecule has 3 aromatic heterocycles. The largest absolute Gasteiger partial charge is 0.504 e. The van der Waals surface area contributed by atoms with Gasteiger partial charge in [-0.3, -0.25) is 19.2 Å². The van der Waals surface area contributed by atoms with Gasteiger partial charge in [-0.2, -0.15) is 22.7 Å². The summed E-state index contributed by atoms with van der Waals surface area (Å²) in [4.78, 5) is 71.7. The lowest BCUT2D eigenvalue weighted by Gasteiger charge is -2.36. The number of anilines is 2. The topological polar surface area (TPSA) is 171 Å². The van der Waals surface area contributed by atoms with Crippen LogP contribution < -0.4 is 15.8 Å². The molecule has 7 rings (SSSR count). The van der Waals surface area contributed by atoms with Crippen LogP contribution >= 0.6 is 0 Å². The van der Waals surface area contributed by atoms with Crippen LogP contribution in [0, 0.1) is 19.8 Å². The molecule has 0 unspecified atom stereocenters. The Balaban J connectivity index is 1.22. The molecule has 4 aromatic rings. The number of fused-ring (bicyclic) bond motifs is 1. The molecule has 18 heteroatoms. The molecule has 1 aromatic carbocycles. The van der Waals surface area contributed by atoms with Crippen molar-refractivity contribution in [1.82, 2.24) is 38.9 Å². The SMILES string of the molecule is CCc1c(N2CCN(C(=O)c3ncnc(C)c3O)CC2)c(=O)n2nc(C3=CCN(C(=O)C4CC4)CC3)nc2n1CC(=O)Nc1ccc(C(F)(F)F)cc1C. The Kier molecular flexibility index (Phi) is 9.61. The van der Waals surface area contributed by atoms with Gasteiger partial charge in [0.05, 0.1) is 17.0 Å². The summed E-state index contributed by atoms with van der Waals surface area (Å²) >= 11 is 0. The molecule has 54 heavy (non-hydrogen) atoms. The van der Waals surface area contributed by atoms with Crippen molar-refractivity contribution in [3.63, 3.8) is 0 Å². The van der Waals surface area contributed by atoms with Crippen molar-refractivity contribution in [1.29, 1.82) is 0 Å². The number of nitrogens with one attached hydrogen (secondary N) is 1. The number of alkyl halides is 3. The van der Waals surface area contributed by atoms with Crippen LogP contribution in [0.1, 0.15) is 65.0 Å². The molecule has 0 radical (unpaired) electrons. The highest BCUT2D eigenvalue weighted by Crippen LogP contribution is 2.33. The second-order valence-electron chi connectivity index (χ2n) is 13.7. The van der Waals surface area contributed by atoms with Gasteiger partial charge in [0.25, 0.3) is 11.5 Å². The van der Waals surface area contributed by atoms with Crippen molar-refractivity contribution in [2.75, 3.05) is 49.5 Å². The standard InChI is InChI=1S/C36H39F3N10O5/c1-4-26-29(45-13-15-47(16-14-45)33(53)28-30(51)21(3)40-19-41-28)34(54)49-35(43-31(44-49)22-9-11-46(12-10-22)32(52)23-5-6-23)48(26)18-27(50)42-25-8-7-24(17-20(25)2)36(37,38)39/h7-9,17,19,23,51H,4-6,10-16,18H2,1-3H3,(H,42,50). The number of rotatable bonds is 8. The molecule has 2 aliphatic heterocycles. The third-order valence-corrected chi connectivity index (χ3v) is 10.1. The minimum atomic E-state index is -4.54. The van der Waals surface area contributed by atoms with Crippen molar-refractivity contribution in [3.05, 3.63) is 75.0 Å². The number of carbonyl (C=O) groups is 3. The monoisotopic (exact) mass is 748 g/mol. The van der Waals surface area contributed by atoms with Gasteiger partial charge in [-0.1, -0.05) is 13.0 Å². The Morgan fingerprint density at radius 3 is 2.39 bits per heavy atom. The van der Waals surface area contributed by atoms with Gasteiger partial charge in [0.2, 0.25) is 17.6 Å². The number of aromatic hydroxyl groups is 1. The van der Waals surface area contributed by atoms with E-state index in [9.17, 15) is 37.5 Å². The van der Waals surface area contributed by atoms with E-state index >= 15 is 0 Å². The van der Waals surface area contributed by atoms with Crippen molar-refractivity contribution >= 4 is 40.4 Å². The Morgan fingerprint density at radius 1 is 1.02 bits per heavy atom. The summed E-state index contributed by atoms with van der Waals surface area (Å²) in [6, 6.07) is 3.06. The third-order valence-electron chi connectivity index (χ3n) is 10.1. The summed E-state index contributed by atoms with van der Waals surface area (Å²) in [7, 11) is 0. The van der Waals surface area contributed by atoms with Crippen LogP contribution in [0.2, 0.25) is 0 Å². The summed E-state index contributed by atoms with van der Waals surface area (Å²) in [6.07, 6.45) is 1.11. The number of hydrogen-bond donors (Lipinski definition) is 2. The van der Waals surface area contributed by atoms with Crippen molar-refractivity contribution < 1.29 is 32.7 Å². The molecule has 2 N–H and O–H groups in total. The molecule has 284 valence electrons. The number of nitrogens with zero attached hydrogens (tertiary/aromatic N) is 9. The predicted octanol–water partition coefficient (Wildman–Crippen LogP) is 3.21. The van der Waals surface area contributed by atoms with Gasteiger partial charge in [-0.05, 0) is 68.9 Å². The molecule has 1 saturated heterocycles. The normalized spacial score (nSPS) is 16.5. The molecule has 1 saturated carbocycles. The predicted molar refractivity (Wildman–Crippen MR) is 190 cm³/mol. The summed E-state index contributed by atoms with van der Waals surface area (Å²) in [6.45, 7) is 6.26. The van der Waals surface area contributed by atoms with Gasteiger partial charge in [-0.15, -0.1) is 5.10 Å². The zero-order valence-corrected chi connectivity index (χ0v) is 30.0. The number of benzene rings is 1. The minimum Gasteiger partial charge on any atom is -0.504 e. The summed E-state index contributed by atoms with van der Waals surface area (Å²) in [5, 5.41) is 17.7. The Hall–Kier alpha value is -5.81. The minimum absolute atomic E-state index is 0.0854. The smallest absolute Gasteiger partial charge is 0.416 e. The summed E-state index contributed by atoms with van der Waals surface area (Å²) < 4.78 is 42.7. The molecule has 15 nitrogen and oxygen atoms in total. The first kappa shape index (κ1) is 36.5. The number of aryl methyl sites for hydroxylation is 2. The van der Waals surface area contributed by atoms with Crippen LogP contribution in [-0.4, -0.2) is 101 Å². The van der Waals surface area contributed by atoms with E-state index in [0.29, 0.717) is 31.6 Å². The average Bonchev–Trinajstić information content (AvgIpc) is 3.91. The number of piperazine rings is 1. The fraction of sp³-hybridized carbons (Fsp3) is 0.444. The van der Waals surface area contributed by atoms with Gasteiger partial charge in [-0.25, -0.2) is 9.97 Å². The maximum absolute atomic E-state index is 14.3. The quantitative estimate of drug-likeness (QED) is 0.273. The number of hydrogen-bond acceptors (Lipinski definition) is 10. The van der Waals surface area contributed by atoms with Crippen LogP contribution in [0.15, 0.2) is 35.4 Å². The van der Waals surface area contributed by atoms with Gasteiger partial charge >= 0.3 is 6.18 Å². The second-order valence-corrected chi connectivity index (χ2v) is 13.7. The first-order valence-electron chi connectivity index (χ1n) is 17.8. The zero-order valence-electron chi connectivity index (χ0n) is 30.0. The zero-order chi connectivity index (χ0) is 38.5. The first-order chi connectivity index (χ1) is 25.7. The van der Waals surface area contributed by atoms with Gasteiger partial charge in [0.1, 0.15) is 18.6 Å². The first-order valence-corrected chi connectivity index (χ1v) is 17.8. The van der Waals surface area contributed by atoms with E-state index in [1.807, 2.05) is 17.9 Å². The van der Waals surface area contributed by atoms with E-state index in [4.69, 9.17) is 4.98 Å². The molecule has 0 bridgehead atoms. The fourth-order valence-electron chi connectivity index (χ4n) is 6.95. The second kappa shape index (κ2) is 14.2. The molecule has 3 amide bonds. The Bertz CT molecular complexity index is 2250. The van der Waals surface area contributed by atoms with Gasteiger partial charge in [0.15, 0.2) is 17.3 Å². The van der Waals surface area contributed by atoms with E-state index < -0.39 is 29.1 Å². The van der Waals surface area contributed by atoms with Crippen LogP contribution in [0.4, 0.5) is 24.5 Å². The Labute approximate surface area is 307 Å². The summed E-state index contributed by atoms with van der Waals surface area (Å²) in [5.74, 6) is -0.727. The number of aromatic nitrogens is 6. The van der Waals surface area contributed by atoms with Crippen molar-refractivity contribution in [2.45, 2.75) is 59.2 Å². The maximum Gasteiger partial charge on any atom is 0.416 e. The van der Waals surface area contributed by atoms with E-state index in [1.54, 1.807) is 16.4 Å². The molecule has 0 spiro atoms. The van der Waals surface area contributed by atoms with Crippen LogP contribution in [0.5, 0.6) is 5.75 Å². The van der Waals surface area contributed by atoms with Crippen LogP contribution in [0.3, 0.4) is 0 Å². The van der Waals surface area contributed by atoms with E-state index in [0.717, 1.165) is 35.1 Å². The lowest BCUT2D eigenvalue weighted by Crippen LogP contribution is -2.51. The van der Waals surface area contributed by atoms with E-state index in [-0.39, 0.29) is 90.2 Å². The van der Waals surface area contributed by atoms with E-state index in [1.165, 1.54) is 24.2 Å². The molecular formula is C36H39F3N10O5. The molecule has 0 atom stereocenters. The van der Waals surface area contributed by atoms with E-state index in [2.05, 4.69) is 20.4 Å². The highest BCUT2D eigenvalue weighted by Gasteiger charge is 2.35. The highest BCUT2D eigenvalue weighted by atomic mass is 19.4. The van der Waals surface area contributed by atoms with Crippen molar-refractivity contribution in [2.24, 2.45) is 5.92 Å². The van der Waals surface area contributed by atoms with Crippen molar-refractivity contribution in [3.8, 4) is 5.75 Å². The fourth-order valence-corrected chi connectivity index (χ4v) is 6.95. The summed E-state index contributed by atoms with van der Waals surface area (Å²) in [5.41, 5.74) is 0.777. The lowest BCUT2D eigenvalue weighted by atomic mass is 10.1. The number of carbonyl (C=O) groups excluding carboxylic acids is 3. The molecule has 3 aliphatic rings. The molecule has 1 aliphatic carbocycles. The highest BCUT2D eigenvalue weighted by molar-refractivity contribution is 5.95. The lowest BCUT2D eigenvalue weighted by molar-refractivity contribution is -0.137.